The summed E-state index contributed by atoms with van der Waals surface area (Å²) in [4.78, 5) is 38.6. The van der Waals surface area contributed by atoms with Gasteiger partial charge in [0.05, 0.1) is 12.7 Å². The van der Waals surface area contributed by atoms with Crippen LogP contribution in [0.4, 0.5) is 5.00 Å². The zero-order chi connectivity index (χ0) is 19.4. The normalized spacial score (nSPS) is 21.9. The highest BCUT2D eigenvalue weighted by Gasteiger charge is 2.36. The average Bonchev–Trinajstić information content (AvgIpc) is 3.29. The minimum Gasteiger partial charge on any atom is -0.465 e. The van der Waals surface area contributed by atoms with Gasteiger partial charge in [0.1, 0.15) is 11.0 Å². The molecule has 2 N–H and O–H groups in total. The van der Waals surface area contributed by atoms with Crippen LogP contribution in [0.5, 0.6) is 0 Å². The van der Waals surface area contributed by atoms with Gasteiger partial charge in [-0.3, -0.25) is 9.59 Å². The van der Waals surface area contributed by atoms with Crippen molar-refractivity contribution in [2.24, 2.45) is 11.8 Å². The zero-order valence-corrected chi connectivity index (χ0v) is 16.6. The number of methoxy groups -OCH3 is 1. The van der Waals surface area contributed by atoms with Crippen molar-refractivity contribution >= 4 is 34.1 Å². The van der Waals surface area contributed by atoms with E-state index in [0.717, 1.165) is 25.9 Å². The molecule has 0 aromatic carbocycles. The Hall–Kier alpha value is -1.93. The summed E-state index contributed by atoms with van der Waals surface area (Å²) in [6.07, 6.45) is 3.18. The molecule has 7 nitrogen and oxygen atoms in total. The Bertz CT molecular complexity index is 699. The molecule has 1 aromatic heterocycles. The van der Waals surface area contributed by atoms with Crippen molar-refractivity contribution in [1.29, 1.82) is 0 Å². The third-order valence-electron chi connectivity index (χ3n) is 5.53. The predicted molar refractivity (Wildman–Crippen MR) is 104 cm³/mol. The molecule has 8 heteroatoms. The van der Waals surface area contributed by atoms with E-state index in [2.05, 4.69) is 17.6 Å². The lowest BCUT2D eigenvalue weighted by Crippen LogP contribution is -2.42. The molecule has 2 fully saturated rings. The van der Waals surface area contributed by atoms with E-state index in [4.69, 9.17) is 4.74 Å². The number of amides is 2. The number of hydrogen-bond acceptors (Lipinski definition) is 6. The van der Waals surface area contributed by atoms with Gasteiger partial charge in [0.25, 0.3) is 0 Å². The number of carbonyl (C=O) groups excluding carboxylic acids is 3. The number of nitrogens with zero attached hydrogens (tertiary/aromatic N) is 1. The van der Waals surface area contributed by atoms with E-state index in [0.29, 0.717) is 41.8 Å². The average molecular weight is 394 g/mol. The molecular formula is C19H27N3O4S. The van der Waals surface area contributed by atoms with E-state index in [-0.39, 0.29) is 11.8 Å². The Balaban J connectivity index is 1.56. The first-order chi connectivity index (χ1) is 13.0. The topological polar surface area (TPSA) is 87.7 Å². The maximum atomic E-state index is 12.7. The number of rotatable bonds is 6. The van der Waals surface area contributed by atoms with Crippen molar-refractivity contribution in [1.82, 2.24) is 10.6 Å². The Morgan fingerprint density at radius 1 is 1.37 bits per heavy atom. The van der Waals surface area contributed by atoms with E-state index in [1.165, 1.54) is 18.4 Å². The van der Waals surface area contributed by atoms with E-state index in [1.54, 1.807) is 16.3 Å². The smallest absolute Gasteiger partial charge is 0.340 e. The molecule has 0 saturated carbocycles. The lowest BCUT2D eigenvalue weighted by atomic mass is 9.84. The zero-order valence-electron chi connectivity index (χ0n) is 15.8. The summed E-state index contributed by atoms with van der Waals surface area (Å²) in [5.41, 5.74) is 0.391. The molecule has 0 bridgehead atoms. The maximum absolute atomic E-state index is 12.7. The van der Waals surface area contributed by atoms with Crippen LogP contribution in [0.25, 0.3) is 0 Å². The van der Waals surface area contributed by atoms with Crippen LogP contribution in [0.15, 0.2) is 11.4 Å². The minimum atomic E-state index is -0.523. The summed E-state index contributed by atoms with van der Waals surface area (Å²) in [7, 11) is 1.32. The van der Waals surface area contributed by atoms with Gasteiger partial charge in [0.15, 0.2) is 0 Å². The molecule has 2 aliphatic heterocycles. The molecule has 1 aromatic rings. The predicted octanol–water partition coefficient (Wildman–Crippen LogP) is 1.78. The summed E-state index contributed by atoms with van der Waals surface area (Å²) >= 11 is 1.33. The number of anilines is 1. The van der Waals surface area contributed by atoms with Gasteiger partial charge in [-0.05, 0) is 55.6 Å². The molecule has 2 aliphatic rings. The number of thiophene rings is 1. The molecule has 27 heavy (non-hydrogen) atoms. The van der Waals surface area contributed by atoms with Crippen molar-refractivity contribution in [3.63, 3.8) is 0 Å². The summed E-state index contributed by atoms with van der Waals surface area (Å²) < 4.78 is 4.78. The first kappa shape index (κ1) is 19.8. The second kappa shape index (κ2) is 8.84. The summed E-state index contributed by atoms with van der Waals surface area (Å²) in [5.74, 6) is 0.179. The first-order valence-corrected chi connectivity index (χ1v) is 10.4. The second-order valence-electron chi connectivity index (χ2n) is 7.30. The van der Waals surface area contributed by atoms with Gasteiger partial charge >= 0.3 is 5.97 Å². The Morgan fingerprint density at radius 3 is 2.81 bits per heavy atom. The SMILES string of the molecule is COC(=O)c1ccsc1N1CCC(NC(=O)CC(C)C2CCNCC2)C1=O. The largest absolute Gasteiger partial charge is 0.465 e. The van der Waals surface area contributed by atoms with Crippen molar-refractivity contribution in [3.05, 3.63) is 17.0 Å². The molecule has 2 amide bonds. The number of carbonyl (C=O) groups is 3. The standard InChI is InChI=1S/C19H27N3O4S/c1-12(13-3-7-20-8-4-13)11-16(23)21-15-5-9-22(17(15)24)18-14(6-10-27-18)19(25)26-2/h6,10,12-13,15,20H,3-5,7-9,11H2,1-2H3,(H,21,23). The lowest BCUT2D eigenvalue weighted by molar-refractivity contribution is -0.127. The number of piperidine rings is 1. The lowest BCUT2D eigenvalue weighted by Gasteiger charge is -2.28. The quantitative estimate of drug-likeness (QED) is 0.720. The van der Waals surface area contributed by atoms with E-state index in [9.17, 15) is 14.4 Å². The van der Waals surface area contributed by atoms with Crippen molar-refractivity contribution in [3.8, 4) is 0 Å². The number of ether oxygens (including phenoxy) is 1. The van der Waals surface area contributed by atoms with Crippen LogP contribution < -0.4 is 15.5 Å². The molecule has 148 valence electrons. The molecular weight excluding hydrogens is 366 g/mol. The van der Waals surface area contributed by atoms with Crippen LogP contribution in [-0.4, -0.2) is 50.6 Å². The van der Waals surface area contributed by atoms with Gasteiger partial charge in [-0.2, -0.15) is 0 Å². The monoisotopic (exact) mass is 393 g/mol. The highest BCUT2D eigenvalue weighted by Crippen LogP contribution is 2.32. The molecule has 2 unspecified atom stereocenters. The Kier molecular flexibility index (Phi) is 6.49. The molecule has 0 spiro atoms. The van der Waals surface area contributed by atoms with Crippen LogP contribution in [0, 0.1) is 11.8 Å². The fourth-order valence-corrected chi connectivity index (χ4v) is 4.84. The van der Waals surface area contributed by atoms with Crippen LogP contribution in [-0.2, 0) is 14.3 Å². The molecule has 0 radical (unpaired) electrons. The fourth-order valence-electron chi connectivity index (χ4n) is 3.92. The van der Waals surface area contributed by atoms with Gasteiger partial charge in [0, 0.05) is 13.0 Å². The summed E-state index contributed by atoms with van der Waals surface area (Å²) in [6, 6.07) is 1.14. The highest BCUT2D eigenvalue weighted by molar-refractivity contribution is 7.14. The second-order valence-corrected chi connectivity index (χ2v) is 8.19. The van der Waals surface area contributed by atoms with Gasteiger partial charge in [-0.15, -0.1) is 11.3 Å². The van der Waals surface area contributed by atoms with E-state index >= 15 is 0 Å². The van der Waals surface area contributed by atoms with E-state index in [1.807, 2.05) is 0 Å². The number of hydrogen-bond donors (Lipinski definition) is 2. The molecule has 2 atom stereocenters. The van der Waals surface area contributed by atoms with Gasteiger partial charge in [0.2, 0.25) is 11.8 Å². The van der Waals surface area contributed by atoms with Crippen LogP contribution in [0.3, 0.4) is 0 Å². The maximum Gasteiger partial charge on any atom is 0.340 e. The molecule has 0 aliphatic carbocycles. The van der Waals surface area contributed by atoms with E-state index < -0.39 is 12.0 Å². The summed E-state index contributed by atoms with van der Waals surface area (Å²) in [6.45, 7) is 4.62. The van der Waals surface area contributed by atoms with Crippen molar-refractivity contribution in [2.75, 3.05) is 31.6 Å². The van der Waals surface area contributed by atoms with Gasteiger partial charge in [-0.1, -0.05) is 6.92 Å². The highest BCUT2D eigenvalue weighted by atomic mass is 32.1. The van der Waals surface area contributed by atoms with Crippen LogP contribution >= 0.6 is 11.3 Å². The molecule has 2 saturated heterocycles. The number of nitrogens with one attached hydrogen (secondary N) is 2. The Labute approximate surface area is 163 Å². The molecule has 3 heterocycles. The Morgan fingerprint density at radius 2 is 2.11 bits per heavy atom. The third kappa shape index (κ3) is 4.50. The van der Waals surface area contributed by atoms with Crippen molar-refractivity contribution < 1.29 is 19.1 Å². The first-order valence-electron chi connectivity index (χ1n) is 9.48. The minimum absolute atomic E-state index is 0.0689. The van der Waals surface area contributed by atoms with Crippen molar-refractivity contribution in [2.45, 2.75) is 38.6 Å². The third-order valence-corrected chi connectivity index (χ3v) is 6.47. The molecule has 3 rings (SSSR count). The fraction of sp³-hybridized carbons (Fsp3) is 0.632. The summed E-state index contributed by atoms with van der Waals surface area (Å²) in [5, 5.41) is 8.59. The van der Waals surface area contributed by atoms with Gasteiger partial charge < -0.3 is 20.3 Å². The number of esters is 1. The van der Waals surface area contributed by atoms with Crippen LogP contribution in [0.1, 0.15) is 43.0 Å². The van der Waals surface area contributed by atoms with Gasteiger partial charge in [-0.25, -0.2) is 4.79 Å². The van der Waals surface area contributed by atoms with Crippen LogP contribution in [0.2, 0.25) is 0 Å².